The van der Waals surface area contributed by atoms with Gasteiger partial charge >= 0.3 is 5.97 Å². The fourth-order valence-electron chi connectivity index (χ4n) is 2.70. The Hall–Kier alpha value is -2.37. The molecule has 0 aromatic heterocycles. The van der Waals surface area contributed by atoms with Crippen molar-refractivity contribution in [2.45, 2.75) is 46.1 Å². The average molecular weight is 333 g/mol. The van der Waals surface area contributed by atoms with Gasteiger partial charge < -0.3 is 14.7 Å². The Balaban J connectivity index is 2.34. The van der Waals surface area contributed by atoms with Gasteiger partial charge in [-0.15, -0.1) is 0 Å². The predicted octanol–water partition coefficient (Wildman–Crippen LogP) is 2.89. The van der Waals surface area contributed by atoms with E-state index < -0.39 is 12.1 Å². The number of nitrogens with zero attached hydrogens (tertiary/aromatic N) is 1. The number of Topliss-reactive ketones (excluding diaryl/α,β-unsaturated/α-hetero) is 1. The molecule has 1 atom stereocenters. The number of carboxylic acids is 1. The molecule has 1 amide bonds. The van der Waals surface area contributed by atoms with Gasteiger partial charge in [0, 0.05) is 18.5 Å². The van der Waals surface area contributed by atoms with E-state index in [0.717, 1.165) is 6.42 Å². The minimum atomic E-state index is -1.01. The highest BCUT2D eigenvalue weighted by molar-refractivity contribution is 6.03. The van der Waals surface area contributed by atoms with Crippen molar-refractivity contribution in [1.82, 2.24) is 0 Å². The summed E-state index contributed by atoms with van der Waals surface area (Å²) in [7, 11) is 0. The maximum Gasteiger partial charge on any atom is 0.303 e. The molecule has 1 N–H and O–H groups in total. The topological polar surface area (TPSA) is 83.9 Å². The standard InChI is InChI=1S/C18H23NO5/c1-4-9-19-13-10-12(14(20)6-8-16(21)22)5-7-15(13)24-17(11(2)3)18(19)23/h5,7,10-11,17H,4,6,8-9H2,1-3H3,(H,21,22). The molecule has 0 bridgehead atoms. The fourth-order valence-corrected chi connectivity index (χ4v) is 2.70. The minimum absolute atomic E-state index is 0.0434. The van der Waals surface area contributed by atoms with Crippen LogP contribution in [-0.4, -0.2) is 35.4 Å². The highest BCUT2D eigenvalue weighted by atomic mass is 16.5. The number of fused-ring (bicyclic) bond motifs is 1. The number of carbonyl (C=O) groups is 3. The summed E-state index contributed by atoms with van der Waals surface area (Å²) < 4.78 is 5.82. The van der Waals surface area contributed by atoms with Crippen LogP contribution in [0.3, 0.4) is 0 Å². The molecule has 1 aromatic carbocycles. The van der Waals surface area contributed by atoms with Crippen molar-refractivity contribution in [3.63, 3.8) is 0 Å². The fraction of sp³-hybridized carbons (Fsp3) is 0.500. The second kappa shape index (κ2) is 7.47. The Morgan fingerprint density at radius 2 is 2.00 bits per heavy atom. The second-order valence-corrected chi connectivity index (χ2v) is 6.27. The quantitative estimate of drug-likeness (QED) is 0.776. The highest BCUT2D eigenvalue weighted by Gasteiger charge is 2.36. The van der Waals surface area contributed by atoms with E-state index in [1.54, 1.807) is 23.1 Å². The van der Waals surface area contributed by atoms with E-state index in [9.17, 15) is 14.4 Å². The Morgan fingerprint density at radius 3 is 2.58 bits per heavy atom. The van der Waals surface area contributed by atoms with Gasteiger partial charge in [0.2, 0.25) is 0 Å². The zero-order valence-electron chi connectivity index (χ0n) is 14.2. The molecule has 6 heteroatoms. The number of carboxylic acid groups (broad SMARTS) is 1. The maximum absolute atomic E-state index is 12.7. The summed E-state index contributed by atoms with van der Waals surface area (Å²) in [6, 6.07) is 4.94. The molecular weight excluding hydrogens is 310 g/mol. The van der Waals surface area contributed by atoms with Crippen molar-refractivity contribution in [3.05, 3.63) is 23.8 Å². The molecule has 0 aliphatic carbocycles. The molecule has 2 rings (SSSR count). The molecular formula is C18H23NO5. The van der Waals surface area contributed by atoms with Crippen molar-refractivity contribution >= 4 is 23.3 Å². The number of aliphatic carboxylic acids is 1. The first-order valence-electron chi connectivity index (χ1n) is 8.22. The zero-order valence-corrected chi connectivity index (χ0v) is 14.2. The van der Waals surface area contributed by atoms with Crippen molar-refractivity contribution in [2.24, 2.45) is 5.92 Å². The van der Waals surface area contributed by atoms with Gasteiger partial charge in [-0.2, -0.15) is 0 Å². The average Bonchev–Trinajstić information content (AvgIpc) is 2.54. The monoisotopic (exact) mass is 333 g/mol. The van der Waals surface area contributed by atoms with Crippen LogP contribution in [0.4, 0.5) is 5.69 Å². The summed E-state index contributed by atoms with van der Waals surface area (Å²) >= 11 is 0. The number of rotatable bonds is 7. The molecule has 1 aliphatic heterocycles. The summed E-state index contributed by atoms with van der Waals surface area (Å²) in [6.07, 6.45) is -0.0181. The Morgan fingerprint density at radius 1 is 1.29 bits per heavy atom. The molecule has 1 aliphatic rings. The Bertz CT molecular complexity index is 653. The SMILES string of the molecule is CCCN1C(=O)C(C(C)C)Oc2ccc(C(=O)CCC(=O)O)cc21. The van der Waals surface area contributed by atoms with Gasteiger partial charge in [-0.25, -0.2) is 0 Å². The molecule has 1 unspecified atom stereocenters. The smallest absolute Gasteiger partial charge is 0.303 e. The molecule has 1 aromatic rings. The summed E-state index contributed by atoms with van der Waals surface area (Å²) in [5, 5.41) is 8.70. The minimum Gasteiger partial charge on any atom is -0.481 e. The maximum atomic E-state index is 12.7. The van der Waals surface area contributed by atoms with E-state index in [-0.39, 0.29) is 30.4 Å². The molecule has 0 radical (unpaired) electrons. The lowest BCUT2D eigenvalue weighted by atomic mass is 10.0. The van der Waals surface area contributed by atoms with E-state index in [4.69, 9.17) is 9.84 Å². The Labute approximate surface area is 141 Å². The van der Waals surface area contributed by atoms with Gasteiger partial charge in [-0.05, 0) is 30.5 Å². The van der Waals surface area contributed by atoms with Crippen LogP contribution in [0, 0.1) is 5.92 Å². The number of amides is 1. The molecule has 24 heavy (non-hydrogen) atoms. The van der Waals surface area contributed by atoms with E-state index in [2.05, 4.69) is 0 Å². The summed E-state index contributed by atoms with van der Waals surface area (Å²) in [6.45, 7) is 6.39. The molecule has 6 nitrogen and oxygen atoms in total. The van der Waals surface area contributed by atoms with Gasteiger partial charge in [0.15, 0.2) is 11.9 Å². The number of hydrogen-bond acceptors (Lipinski definition) is 4. The summed E-state index contributed by atoms with van der Waals surface area (Å²) in [5.74, 6) is -0.741. The number of ketones is 1. The number of carbonyl (C=O) groups excluding carboxylic acids is 2. The van der Waals surface area contributed by atoms with E-state index in [0.29, 0.717) is 23.5 Å². The Kier molecular flexibility index (Phi) is 5.59. The van der Waals surface area contributed by atoms with Crippen LogP contribution in [0.15, 0.2) is 18.2 Å². The summed E-state index contributed by atoms with van der Waals surface area (Å²) in [5.41, 5.74) is 0.982. The second-order valence-electron chi connectivity index (χ2n) is 6.27. The van der Waals surface area contributed by atoms with Crippen LogP contribution < -0.4 is 9.64 Å². The van der Waals surface area contributed by atoms with Crippen molar-refractivity contribution in [1.29, 1.82) is 0 Å². The van der Waals surface area contributed by atoms with E-state index >= 15 is 0 Å². The largest absolute Gasteiger partial charge is 0.481 e. The van der Waals surface area contributed by atoms with Crippen LogP contribution in [0.2, 0.25) is 0 Å². The first-order chi connectivity index (χ1) is 11.3. The van der Waals surface area contributed by atoms with Gasteiger partial charge in [0.1, 0.15) is 5.75 Å². The van der Waals surface area contributed by atoms with Crippen molar-refractivity contribution in [3.8, 4) is 5.75 Å². The lowest BCUT2D eigenvalue weighted by Crippen LogP contribution is -2.48. The van der Waals surface area contributed by atoms with Crippen LogP contribution >= 0.6 is 0 Å². The molecule has 130 valence electrons. The van der Waals surface area contributed by atoms with Crippen LogP contribution in [0.1, 0.15) is 50.4 Å². The lowest BCUT2D eigenvalue weighted by molar-refractivity contribution is -0.137. The summed E-state index contributed by atoms with van der Waals surface area (Å²) in [4.78, 5) is 37.1. The highest BCUT2D eigenvalue weighted by Crippen LogP contribution is 2.36. The van der Waals surface area contributed by atoms with Crippen LogP contribution in [0.25, 0.3) is 0 Å². The van der Waals surface area contributed by atoms with E-state index in [1.165, 1.54) is 0 Å². The first kappa shape index (κ1) is 18.0. The molecule has 0 spiro atoms. The molecule has 1 heterocycles. The molecule has 0 fully saturated rings. The normalized spacial score (nSPS) is 16.8. The zero-order chi connectivity index (χ0) is 17.9. The van der Waals surface area contributed by atoms with Gasteiger partial charge in [0.25, 0.3) is 5.91 Å². The van der Waals surface area contributed by atoms with Crippen LogP contribution in [-0.2, 0) is 9.59 Å². The number of benzene rings is 1. The van der Waals surface area contributed by atoms with Gasteiger partial charge in [-0.3, -0.25) is 14.4 Å². The third kappa shape index (κ3) is 3.75. The number of hydrogen-bond donors (Lipinski definition) is 1. The molecule has 0 saturated heterocycles. The molecule has 0 saturated carbocycles. The van der Waals surface area contributed by atoms with Crippen molar-refractivity contribution in [2.75, 3.05) is 11.4 Å². The van der Waals surface area contributed by atoms with Gasteiger partial charge in [0.05, 0.1) is 12.1 Å². The van der Waals surface area contributed by atoms with Crippen LogP contribution in [0.5, 0.6) is 5.75 Å². The van der Waals surface area contributed by atoms with Gasteiger partial charge in [-0.1, -0.05) is 20.8 Å². The number of anilines is 1. The first-order valence-corrected chi connectivity index (χ1v) is 8.22. The van der Waals surface area contributed by atoms with E-state index in [1.807, 2.05) is 20.8 Å². The predicted molar refractivity (Wildman–Crippen MR) is 89.5 cm³/mol. The lowest BCUT2D eigenvalue weighted by Gasteiger charge is -2.36. The third-order valence-electron chi connectivity index (χ3n) is 3.95. The number of ether oxygens (including phenoxy) is 1. The third-order valence-corrected chi connectivity index (χ3v) is 3.95. The van der Waals surface area contributed by atoms with Crippen molar-refractivity contribution < 1.29 is 24.2 Å².